The van der Waals surface area contributed by atoms with Crippen LogP contribution in [0.15, 0.2) is 45.5 Å². The van der Waals surface area contributed by atoms with Crippen molar-refractivity contribution in [2.24, 2.45) is 0 Å². The number of halogens is 1. The molecule has 0 fully saturated rings. The van der Waals surface area contributed by atoms with Crippen molar-refractivity contribution in [1.82, 2.24) is 0 Å². The quantitative estimate of drug-likeness (QED) is 0.859. The second-order valence-electron chi connectivity index (χ2n) is 4.68. The Morgan fingerprint density at radius 2 is 2.17 bits per heavy atom. The van der Waals surface area contributed by atoms with Crippen LogP contribution in [0.2, 0.25) is 0 Å². The first kappa shape index (κ1) is 13.2. The maximum atomic E-state index is 5.34. The molecule has 0 saturated heterocycles. The molecule has 1 atom stereocenters. The van der Waals surface area contributed by atoms with Gasteiger partial charge in [0.05, 0.1) is 6.26 Å². The fraction of sp³-hybridized carbons (Fsp3) is 0.333. The van der Waals surface area contributed by atoms with Gasteiger partial charge in [-0.25, -0.2) is 0 Å². The highest BCUT2D eigenvalue weighted by Crippen LogP contribution is 2.20. The van der Waals surface area contributed by atoms with Crippen molar-refractivity contribution >= 4 is 21.6 Å². The van der Waals surface area contributed by atoms with Crippen molar-refractivity contribution in [3.05, 3.63) is 52.4 Å². The van der Waals surface area contributed by atoms with Crippen LogP contribution < -0.4 is 5.32 Å². The molecule has 0 radical (unpaired) electrons. The van der Waals surface area contributed by atoms with Crippen LogP contribution in [0.5, 0.6) is 0 Å². The molecule has 1 heterocycles. The van der Waals surface area contributed by atoms with Gasteiger partial charge in [0.25, 0.3) is 0 Å². The number of anilines is 1. The maximum Gasteiger partial charge on any atom is 0.103 e. The van der Waals surface area contributed by atoms with Crippen LogP contribution in [0.4, 0.5) is 5.69 Å². The van der Waals surface area contributed by atoms with E-state index in [4.69, 9.17) is 4.42 Å². The van der Waals surface area contributed by atoms with Gasteiger partial charge >= 0.3 is 0 Å². The topological polar surface area (TPSA) is 25.2 Å². The zero-order valence-electron chi connectivity index (χ0n) is 10.7. The number of nitrogens with one attached hydrogen (secondary N) is 1. The molecular weight excluding hydrogens is 290 g/mol. The van der Waals surface area contributed by atoms with Crippen LogP contribution in [0.1, 0.15) is 24.7 Å². The molecule has 1 N–H and O–H groups in total. The minimum atomic E-state index is 0.420. The van der Waals surface area contributed by atoms with Gasteiger partial charge in [-0.1, -0.05) is 15.9 Å². The summed E-state index contributed by atoms with van der Waals surface area (Å²) in [5.74, 6) is 1.05. The van der Waals surface area contributed by atoms with Gasteiger partial charge in [0, 0.05) is 22.6 Å². The van der Waals surface area contributed by atoms with E-state index in [0.717, 1.165) is 28.8 Å². The Morgan fingerprint density at radius 1 is 1.33 bits per heavy atom. The number of rotatable bonds is 5. The van der Waals surface area contributed by atoms with Crippen LogP contribution in [0, 0.1) is 6.92 Å². The molecule has 96 valence electrons. The van der Waals surface area contributed by atoms with E-state index in [0.29, 0.717) is 6.04 Å². The molecule has 2 rings (SSSR count). The summed E-state index contributed by atoms with van der Waals surface area (Å²) in [6, 6.07) is 10.8. The Bertz CT molecular complexity index is 473. The smallest absolute Gasteiger partial charge is 0.103 e. The van der Waals surface area contributed by atoms with Crippen LogP contribution in [0.3, 0.4) is 0 Å². The molecule has 0 aliphatic carbocycles. The molecule has 3 heteroatoms. The summed E-state index contributed by atoms with van der Waals surface area (Å²) < 4.78 is 6.45. The molecule has 1 aromatic heterocycles. The molecule has 0 amide bonds. The lowest BCUT2D eigenvalue weighted by Gasteiger charge is -2.15. The number of hydrogen-bond donors (Lipinski definition) is 1. The van der Waals surface area contributed by atoms with E-state index in [-0.39, 0.29) is 0 Å². The van der Waals surface area contributed by atoms with Crippen molar-refractivity contribution in [1.29, 1.82) is 0 Å². The van der Waals surface area contributed by atoms with E-state index in [1.807, 2.05) is 12.1 Å². The second kappa shape index (κ2) is 6.10. The summed E-state index contributed by atoms with van der Waals surface area (Å²) >= 11 is 3.52. The van der Waals surface area contributed by atoms with E-state index < -0.39 is 0 Å². The molecule has 2 nitrogen and oxygen atoms in total. The highest BCUT2D eigenvalue weighted by atomic mass is 79.9. The molecule has 2 aromatic rings. The molecule has 1 unspecified atom stereocenters. The predicted molar refractivity (Wildman–Crippen MR) is 79.0 cm³/mol. The summed E-state index contributed by atoms with van der Waals surface area (Å²) in [5.41, 5.74) is 2.42. The van der Waals surface area contributed by atoms with Gasteiger partial charge in [0.1, 0.15) is 5.76 Å². The summed E-state index contributed by atoms with van der Waals surface area (Å²) in [5, 5.41) is 3.51. The Morgan fingerprint density at radius 3 is 2.83 bits per heavy atom. The summed E-state index contributed by atoms with van der Waals surface area (Å²) in [4.78, 5) is 0. The first-order chi connectivity index (χ1) is 8.63. The number of aryl methyl sites for hydroxylation is 2. The number of furan rings is 1. The Hall–Kier alpha value is -1.22. The Kier molecular flexibility index (Phi) is 4.48. The molecule has 0 saturated carbocycles. The van der Waals surface area contributed by atoms with Gasteiger partial charge in [-0.2, -0.15) is 0 Å². The molecule has 18 heavy (non-hydrogen) atoms. The minimum absolute atomic E-state index is 0.420. The van der Waals surface area contributed by atoms with Gasteiger partial charge in [0.2, 0.25) is 0 Å². The molecule has 0 bridgehead atoms. The first-order valence-corrected chi connectivity index (χ1v) is 6.99. The zero-order chi connectivity index (χ0) is 13.0. The molecule has 0 aliphatic rings. The SMILES string of the molecule is Cc1cc(Br)cc(NC(C)CCc2ccco2)c1. The largest absolute Gasteiger partial charge is 0.469 e. The van der Waals surface area contributed by atoms with Crippen LogP contribution in [-0.2, 0) is 6.42 Å². The maximum absolute atomic E-state index is 5.34. The highest BCUT2D eigenvalue weighted by Gasteiger charge is 2.05. The van der Waals surface area contributed by atoms with Crippen molar-refractivity contribution in [2.75, 3.05) is 5.32 Å². The molecule has 0 aliphatic heterocycles. The van der Waals surface area contributed by atoms with Crippen LogP contribution in [-0.4, -0.2) is 6.04 Å². The molecular formula is C15H18BrNO. The average molecular weight is 308 g/mol. The molecule has 0 spiro atoms. The van der Waals surface area contributed by atoms with Gasteiger partial charge in [-0.15, -0.1) is 0 Å². The second-order valence-corrected chi connectivity index (χ2v) is 5.60. The standard InChI is InChI=1S/C15H18BrNO/c1-11-8-13(16)10-14(9-11)17-12(2)5-6-15-4-3-7-18-15/h3-4,7-10,12,17H,5-6H2,1-2H3. The third kappa shape index (κ3) is 3.91. The van der Waals surface area contributed by atoms with E-state index in [9.17, 15) is 0 Å². The summed E-state index contributed by atoms with van der Waals surface area (Å²) in [6.07, 6.45) is 3.75. The van der Waals surface area contributed by atoms with Gasteiger partial charge in [-0.3, -0.25) is 0 Å². The predicted octanol–water partition coefficient (Wildman–Crippen LogP) is 4.78. The summed E-state index contributed by atoms with van der Waals surface area (Å²) in [6.45, 7) is 4.29. The highest BCUT2D eigenvalue weighted by molar-refractivity contribution is 9.10. The lowest BCUT2D eigenvalue weighted by Crippen LogP contribution is -2.15. The fourth-order valence-corrected chi connectivity index (χ4v) is 2.60. The van der Waals surface area contributed by atoms with Crippen molar-refractivity contribution in [2.45, 2.75) is 32.7 Å². The van der Waals surface area contributed by atoms with Crippen molar-refractivity contribution in [3.63, 3.8) is 0 Å². The lowest BCUT2D eigenvalue weighted by molar-refractivity contribution is 0.495. The van der Waals surface area contributed by atoms with Crippen LogP contribution in [0.25, 0.3) is 0 Å². The Balaban J connectivity index is 1.88. The third-order valence-electron chi connectivity index (χ3n) is 2.86. The van der Waals surface area contributed by atoms with E-state index in [2.05, 4.69) is 53.3 Å². The first-order valence-electron chi connectivity index (χ1n) is 6.19. The van der Waals surface area contributed by atoms with Gasteiger partial charge in [-0.05, 0) is 56.2 Å². The summed E-state index contributed by atoms with van der Waals surface area (Å²) in [7, 11) is 0. The third-order valence-corrected chi connectivity index (χ3v) is 3.32. The van der Waals surface area contributed by atoms with Crippen LogP contribution >= 0.6 is 15.9 Å². The average Bonchev–Trinajstić information content (AvgIpc) is 2.77. The fourth-order valence-electron chi connectivity index (χ4n) is 1.99. The number of benzene rings is 1. The molecule has 1 aromatic carbocycles. The lowest BCUT2D eigenvalue weighted by atomic mass is 10.1. The van der Waals surface area contributed by atoms with E-state index in [1.54, 1.807) is 6.26 Å². The number of hydrogen-bond acceptors (Lipinski definition) is 2. The van der Waals surface area contributed by atoms with Gasteiger partial charge < -0.3 is 9.73 Å². The van der Waals surface area contributed by atoms with Crippen molar-refractivity contribution in [3.8, 4) is 0 Å². The zero-order valence-corrected chi connectivity index (χ0v) is 12.3. The minimum Gasteiger partial charge on any atom is -0.469 e. The Labute approximate surface area is 117 Å². The van der Waals surface area contributed by atoms with Crippen molar-refractivity contribution < 1.29 is 4.42 Å². The van der Waals surface area contributed by atoms with E-state index >= 15 is 0 Å². The van der Waals surface area contributed by atoms with E-state index in [1.165, 1.54) is 5.56 Å². The monoisotopic (exact) mass is 307 g/mol. The normalized spacial score (nSPS) is 12.4. The van der Waals surface area contributed by atoms with Gasteiger partial charge in [0.15, 0.2) is 0 Å².